The van der Waals surface area contributed by atoms with Crippen LogP contribution in [0.25, 0.3) is 0 Å². The third kappa shape index (κ3) is 3.02. The summed E-state index contributed by atoms with van der Waals surface area (Å²) in [7, 11) is -3.16. The quantitative estimate of drug-likeness (QED) is 0.712. The van der Waals surface area contributed by atoms with Gasteiger partial charge in [0.05, 0.1) is 5.25 Å². The molecule has 2 aliphatic heterocycles. The summed E-state index contributed by atoms with van der Waals surface area (Å²) in [5, 5.41) is 5.67. The Balaban J connectivity index is 1.90. The number of rotatable bonds is 3. The number of amides is 1. The van der Waals surface area contributed by atoms with Crippen LogP contribution in [-0.4, -0.2) is 56.1 Å². The van der Waals surface area contributed by atoms with E-state index in [1.54, 1.807) is 4.31 Å². The third-order valence-electron chi connectivity index (χ3n) is 3.66. The summed E-state index contributed by atoms with van der Waals surface area (Å²) in [5.41, 5.74) is 0. The summed E-state index contributed by atoms with van der Waals surface area (Å²) in [6, 6.07) is 0.121. The lowest BCUT2D eigenvalue weighted by Crippen LogP contribution is -2.48. The molecule has 2 N–H and O–H groups in total. The average Bonchev–Trinajstić information content (AvgIpc) is 2.83. The van der Waals surface area contributed by atoms with Crippen molar-refractivity contribution in [2.75, 3.05) is 26.2 Å². The minimum absolute atomic E-state index is 0.0451. The number of carbonyl (C=O) groups excluding carboxylic acids is 1. The van der Waals surface area contributed by atoms with Crippen molar-refractivity contribution in [3.63, 3.8) is 0 Å². The molecule has 0 bridgehead atoms. The predicted octanol–water partition coefficient (Wildman–Crippen LogP) is -0.721. The van der Waals surface area contributed by atoms with Crippen molar-refractivity contribution in [1.82, 2.24) is 14.9 Å². The number of nitrogens with zero attached hydrogens (tertiary/aromatic N) is 1. The molecule has 0 spiro atoms. The van der Waals surface area contributed by atoms with Crippen LogP contribution in [0, 0.1) is 0 Å². The Morgan fingerprint density at radius 1 is 1.28 bits per heavy atom. The van der Waals surface area contributed by atoms with Crippen LogP contribution < -0.4 is 10.6 Å². The number of hydrogen-bond acceptors (Lipinski definition) is 4. The van der Waals surface area contributed by atoms with Gasteiger partial charge in [-0.3, -0.25) is 4.79 Å². The van der Waals surface area contributed by atoms with Gasteiger partial charge in [-0.05, 0) is 25.8 Å². The summed E-state index contributed by atoms with van der Waals surface area (Å²) in [6.45, 7) is 3.88. The molecular weight excluding hydrogens is 254 g/mol. The summed E-state index contributed by atoms with van der Waals surface area (Å²) in [4.78, 5) is 10.9. The van der Waals surface area contributed by atoms with E-state index in [0.29, 0.717) is 38.9 Å². The molecule has 2 rings (SSSR count). The second kappa shape index (κ2) is 5.54. The second-order valence-electron chi connectivity index (χ2n) is 5.03. The SMILES string of the molecule is CC(=O)NC1CCN(S(=O)(=O)C2CCNC2)CC1. The van der Waals surface area contributed by atoms with Crippen LogP contribution in [0.2, 0.25) is 0 Å². The fourth-order valence-corrected chi connectivity index (χ4v) is 4.52. The monoisotopic (exact) mass is 275 g/mol. The zero-order valence-electron chi connectivity index (χ0n) is 10.7. The van der Waals surface area contributed by atoms with Crippen molar-refractivity contribution in [3.05, 3.63) is 0 Å². The van der Waals surface area contributed by atoms with E-state index >= 15 is 0 Å². The van der Waals surface area contributed by atoms with E-state index in [1.165, 1.54) is 6.92 Å². The van der Waals surface area contributed by atoms with Gasteiger partial charge in [-0.15, -0.1) is 0 Å². The Kier molecular flexibility index (Phi) is 4.24. The molecule has 0 aromatic carbocycles. The summed E-state index contributed by atoms with van der Waals surface area (Å²) in [6.07, 6.45) is 2.12. The zero-order chi connectivity index (χ0) is 13.2. The smallest absolute Gasteiger partial charge is 0.218 e. The van der Waals surface area contributed by atoms with Crippen molar-refractivity contribution in [1.29, 1.82) is 0 Å². The van der Waals surface area contributed by atoms with Crippen molar-refractivity contribution in [2.24, 2.45) is 0 Å². The zero-order valence-corrected chi connectivity index (χ0v) is 11.5. The normalized spacial score (nSPS) is 27.3. The van der Waals surface area contributed by atoms with Gasteiger partial charge in [0.1, 0.15) is 0 Å². The first-order valence-electron chi connectivity index (χ1n) is 6.47. The fraction of sp³-hybridized carbons (Fsp3) is 0.909. The predicted molar refractivity (Wildman–Crippen MR) is 68.6 cm³/mol. The lowest BCUT2D eigenvalue weighted by Gasteiger charge is -2.32. The van der Waals surface area contributed by atoms with Gasteiger partial charge >= 0.3 is 0 Å². The lowest BCUT2D eigenvalue weighted by atomic mass is 10.1. The van der Waals surface area contributed by atoms with Gasteiger partial charge in [0.25, 0.3) is 0 Å². The first-order chi connectivity index (χ1) is 8.50. The Hall–Kier alpha value is -0.660. The average molecular weight is 275 g/mol. The van der Waals surface area contributed by atoms with Crippen LogP contribution >= 0.6 is 0 Å². The fourth-order valence-electron chi connectivity index (χ4n) is 2.64. The van der Waals surface area contributed by atoms with Gasteiger partial charge in [-0.25, -0.2) is 12.7 Å². The van der Waals surface area contributed by atoms with Crippen molar-refractivity contribution < 1.29 is 13.2 Å². The topological polar surface area (TPSA) is 78.5 Å². The Bertz CT molecular complexity index is 396. The van der Waals surface area contributed by atoms with Gasteiger partial charge in [0.15, 0.2) is 0 Å². The molecule has 0 aliphatic carbocycles. The lowest BCUT2D eigenvalue weighted by molar-refractivity contribution is -0.119. The van der Waals surface area contributed by atoms with E-state index in [0.717, 1.165) is 6.54 Å². The first kappa shape index (κ1) is 13.8. The van der Waals surface area contributed by atoms with E-state index in [9.17, 15) is 13.2 Å². The molecule has 2 fully saturated rings. The highest BCUT2D eigenvalue weighted by Crippen LogP contribution is 2.20. The molecule has 0 radical (unpaired) electrons. The molecule has 2 saturated heterocycles. The first-order valence-corrected chi connectivity index (χ1v) is 7.97. The third-order valence-corrected chi connectivity index (χ3v) is 5.99. The molecule has 18 heavy (non-hydrogen) atoms. The largest absolute Gasteiger partial charge is 0.354 e. The standard InChI is InChI=1S/C11H21N3O3S/c1-9(15)13-10-3-6-14(7-4-10)18(16,17)11-2-5-12-8-11/h10-12H,2-8H2,1H3,(H,13,15). The molecule has 1 amide bonds. The molecule has 104 valence electrons. The van der Waals surface area contributed by atoms with Crippen LogP contribution in [0.5, 0.6) is 0 Å². The summed E-state index contributed by atoms with van der Waals surface area (Å²) in [5.74, 6) is -0.0451. The molecular formula is C11H21N3O3S. The number of nitrogens with one attached hydrogen (secondary N) is 2. The van der Waals surface area contributed by atoms with Gasteiger partial charge in [-0.1, -0.05) is 0 Å². The molecule has 6 nitrogen and oxygen atoms in total. The Morgan fingerprint density at radius 3 is 2.44 bits per heavy atom. The van der Waals surface area contributed by atoms with Crippen molar-refractivity contribution in [3.8, 4) is 0 Å². The molecule has 0 aromatic rings. The maximum atomic E-state index is 12.3. The highest BCUT2D eigenvalue weighted by molar-refractivity contribution is 7.89. The van der Waals surface area contributed by atoms with Gasteiger partial charge in [0, 0.05) is 32.6 Å². The number of hydrogen-bond donors (Lipinski definition) is 2. The maximum absolute atomic E-state index is 12.3. The number of piperidine rings is 1. The molecule has 2 heterocycles. The van der Waals surface area contributed by atoms with E-state index in [1.807, 2.05) is 0 Å². The van der Waals surface area contributed by atoms with E-state index in [-0.39, 0.29) is 17.2 Å². The van der Waals surface area contributed by atoms with Crippen molar-refractivity contribution in [2.45, 2.75) is 37.5 Å². The van der Waals surface area contributed by atoms with Crippen LogP contribution in [0.1, 0.15) is 26.2 Å². The van der Waals surface area contributed by atoms with Crippen molar-refractivity contribution >= 4 is 15.9 Å². The van der Waals surface area contributed by atoms with E-state index in [4.69, 9.17) is 0 Å². The number of sulfonamides is 1. The summed E-state index contributed by atoms with van der Waals surface area (Å²) < 4.78 is 26.2. The van der Waals surface area contributed by atoms with Gasteiger partial charge in [0.2, 0.25) is 15.9 Å². The van der Waals surface area contributed by atoms with Crippen LogP contribution in [0.15, 0.2) is 0 Å². The van der Waals surface area contributed by atoms with Crippen LogP contribution in [0.3, 0.4) is 0 Å². The van der Waals surface area contributed by atoms with E-state index < -0.39 is 10.0 Å². The highest BCUT2D eigenvalue weighted by atomic mass is 32.2. The molecule has 2 aliphatic rings. The van der Waals surface area contributed by atoms with Crippen LogP contribution in [-0.2, 0) is 14.8 Å². The molecule has 1 atom stereocenters. The van der Waals surface area contributed by atoms with E-state index in [2.05, 4.69) is 10.6 Å². The molecule has 7 heteroatoms. The second-order valence-corrected chi connectivity index (χ2v) is 7.25. The minimum Gasteiger partial charge on any atom is -0.354 e. The summed E-state index contributed by atoms with van der Waals surface area (Å²) >= 11 is 0. The highest BCUT2D eigenvalue weighted by Gasteiger charge is 2.36. The number of carbonyl (C=O) groups is 1. The van der Waals surface area contributed by atoms with Gasteiger partial charge in [-0.2, -0.15) is 0 Å². The molecule has 0 saturated carbocycles. The van der Waals surface area contributed by atoms with Crippen LogP contribution in [0.4, 0.5) is 0 Å². The molecule has 1 unspecified atom stereocenters. The minimum atomic E-state index is -3.16. The van der Waals surface area contributed by atoms with Gasteiger partial charge < -0.3 is 10.6 Å². The Labute approximate surface area is 108 Å². The molecule has 0 aromatic heterocycles. The Morgan fingerprint density at radius 2 is 1.94 bits per heavy atom. The maximum Gasteiger partial charge on any atom is 0.218 e.